The molecule has 0 unspecified atom stereocenters. The van der Waals surface area contributed by atoms with E-state index in [-0.39, 0.29) is 67.7 Å². The number of aliphatic hydroxyl groups is 3. The Hall–Kier alpha value is 1.44. The molecule has 0 rings (SSSR count). The second-order valence-electron chi connectivity index (χ2n) is 2.01. The molecule has 12 heavy (non-hydrogen) atoms. The third kappa shape index (κ3) is 11.4. The molecule has 0 saturated heterocycles. The topological polar surface area (TPSA) is 63.9 Å². The SMILES string of the molecule is OCCN(CCO)CCO.[Ti].[Zr]. The number of nitrogens with zero attached hydrogens (tertiary/aromatic N) is 1. The fourth-order valence-electron chi connectivity index (χ4n) is 0.760. The largest absolute Gasteiger partial charge is 0.395 e. The molecule has 0 spiro atoms. The molecule has 0 aliphatic carbocycles. The van der Waals surface area contributed by atoms with E-state index in [4.69, 9.17) is 15.3 Å². The van der Waals surface area contributed by atoms with Crippen LogP contribution in [0.1, 0.15) is 0 Å². The van der Waals surface area contributed by atoms with Crippen LogP contribution in [0.25, 0.3) is 0 Å². The zero-order valence-corrected chi connectivity index (χ0v) is 11.1. The first-order valence-electron chi connectivity index (χ1n) is 3.40. The Kier molecular flexibility index (Phi) is 23.7. The molecule has 0 heterocycles. The molecule has 3 N–H and O–H groups in total. The Morgan fingerprint density at radius 2 is 1.00 bits per heavy atom. The van der Waals surface area contributed by atoms with E-state index in [0.717, 1.165) is 0 Å². The van der Waals surface area contributed by atoms with Crippen molar-refractivity contribution >= 4 is 0 Å². The molecule has 0 bridgehead atoms. The molecule has 0 aliphatic heterocycles. The molecule has 0 aromatic heterocycles. The van der Waals surface area contributed by atoms with Crippen LogP contribution in [0.4, 0.5) is 0 Å². The summed E-state index contributed by atoms with van der Waals surface area (Å²) in [6, 6.07) is 0. The number of aliphatic hydroxyl groups excluding tert-OH is 3. The Morgan fingerprint density at radius 3 is 1.17 bits per heavy atom. The van der Waals surface area contributed by atoms with Crippen molar-refractivity contribution in [2.24, 2.45) is 0 Å². The van der Waals surface area contributed by atoms with Crippen molar-refractivity contribution in [3.05, 3.63) is 0 Å². The van der Waals surface area contributed by atoms with Gasteiger partial charge in [-0.15, -0.1) is 0 Å². The van der Waals surface area contributed by atoms with Crippen molar-refractivity contribution in [2.45, 2.75) is 0 Å². The predicted molar refractivity (Wildman–Crippen MR) is 37.7 cm³/mol. The summed E-state index contributed by atoms with van der Waals surface area (Å²) in [5, 5.41) is 25.5. The third-order valence-electron chi connectivity index (χ3n) is 1.25. The molecule has 0 amide bonds. The van der Waals surface area contributed by atoms with Crippen LogP contribution in [0.15, 0.2) is 0 Å². The summed E-state index contributed by atoms with van der Waals surface area (Å²) in [7, 11) is 0. The van der Waals surface area contributed by atoms with E-state index >= 15 is 0 Å². The van der Waals surface area contributed by atoms with Crippen LogP contribution in [0.3, 0.4) is 0 Å². The minimum atomic E-state index is 0. The monoisotopic (exact) mass is 287 g/mol. The molecule has 0 saturated carbocycles. The molecule has 0 aromatic rings. The maximum atomic E-state index is 8.48. The van der Waals surface area contributed by atoms with E-state index in [0.29, 0.717) is 19.6 Å². The summed E-state index contributed by atoms with van der Waals surface area (Å²) < 4.78 is 0. The van der Waals surface area contributed by atoms with Crippen LogP contribution >= 0.6 is 0 Å². The van der Waals surface area contributed by atoms with E-state index < -0.39 is 0 Å². The summed E-state index contributed by atoms with van der Waals surface area (Å²) in [5.41, 5.74) is 0. The van der Waals surface area contributed by atoms with Gasteiger partial charge in [0, 0.05) is 67.6 Å². The summed E-state index contributed by atoms with van der Waals surface area (Å²) in [4.78, 5) is 1.79. The van der Waals surface area contributed by atoms with Crippen LogP contribution < -0.4 is 0 Å². The molecule has 0 radical (unpaired) electrons. The average Bonchev–Trinajstić information content (AvgIpc) is 1.90. The zero-order valence-electron chi connectivity index (χ0n) is 7.03. The van der Waals surface area contributed by atoms with Crippen molar-refractivity contribution in [1.29, 1.82) is 0 Å². The van der Waals surface area contributed by atoms with Gasteiger partial charge in [-0.25, -0.2) is 0 Å². The number of hydrogen-bond donors (Lipinski definition) is 3. The Bertz CT molecular complexity index is 65.5. The second-order valence-corrected chi connectivity index (χ2v) is 2.01. The van der Waals surface area contributed by atoms with Crippen molar-refractivity contribution in [3.8, 4) is 0 Å². The van der Waals surface area contributed by atoms with Gasteiger partial charge in [0.05, 0.1) is 19.8 Å². The predicted octanol–water partition coefficient (Wildman–Crippen LogP) is -1.74. The van der Waals surface area contributed by atoms with Crippen LogP contribution in [0, 0.1) is 0 Å². The molecule has 0 aromatic carbocycles. The minimum absolute atomic E-state index is 0. The first-order valence-corrected chi connectivity index (χ1v) is 3.40. The summed E-state index contributed by atoms with van der Waals surface area (Å²) >= 11 is 0. The van der Waals surface area contributed by atoms with Gasteiger partial charge < -0.3 is 15.3 Å². The third-order valence-corrected chi connectivity index (χ3v) is 1.25. The molecule has 0 atom stereocenters. The minimum Gasteiger partial charge on any atom is -0.395 e. The van der Waals surface area contributed by atoms with Crippen molar-refractivity contribution < 1.29 is 63.2 Å². The van der Waals surface area contributed by atoms with Gasteiger partial charge in [-0.2, -0.15) is 0 Å². The van der Waals surface area contributed by atoms with E-state index in [9.17, 15) is 0 Å². The average molecular weight is 288 g/mol. The van der Waals surface area contributed by atoms with Gasteiger partial charge in [-0.1, -0.05) is 0 Å². The molecular formula is C6H15NO3TiZr. The molecule has 0 fully saturated rings. The Morgan fingerprint density at radius 1 is 0.750 bits per heavy atom. The van der Waals surface area contributed by atoms with Gasteiger partial charge in [0.1, 0.15) is 0 Å². The Balaban J connectivity index is -0.000000405. The Labute approximate surface area is 107 Å². The van der Waals surface area contributed by atoms with Crippen LogP contribution in [0.2, 0.25) is 0 Å². The van der Waals surface area contributed by atoms with E-state index in [1.807, 2.05) is 0 Å². The van der Waals surface area contributed by atoms with Crippen molar-refractivity contribution in [2.75, 3.05) is 39.5 Å². The van der Waals surface area contributed by atoms with E-state index in [1.165, 1.54) is 0 Å². The maximum absolute atomic E-state index is 8.48. The molecule has 70 valence electrons. The smallest absolute Gasteiger partial charge is 0.0558 e. The van der Waals surface area contributed by atoms with Gasteiger partial charge in [-0.3, -0.25) is 4.90 Å². The standard InChI is InChI=1S/C6H15NO3.Ti.Zr/c8-4-1-7(2-5-9)3-6-10;;/h8-10H,1-6H2;;. The van der Waals surface area contributed by atoms with Gasteiger partial charge in [0.15, 0.2) is 0 Å². The van der Waals surface area contributed by atoms with Crippen LogP contribution in [-0.2, 0) is 47.9 Å². The second kappa shape index (κ2) is 14.9. The molecule has 0 aliphatic rings. The van der Waals surface area contributed by atoms with Gasteiger partial charge in [0.25, 0.3) is 0 Å². The van der Waals surface area contributed by atoms with Crippen molar-refractivity contribution in [1.82, 2.24) is 4.90 Å². The molecule has 4 nitrogen and oxygen atoms in total. The summed E-state index contributed by atoms with van der Waals surface area (Å²) in [6.45, 7) is 1.75. The van der Waals surface area contributed by atoms with Gasteiger partial charge in [0.2, 0.25) is 0 Å². The van der Waals surface area contributed by atoms with E-state index in [1.54, 1.807) is 4.90 Å². The van der Waals surface area contributed by atoms with Crippen LogP contribution in [0.5, 0.6) is 0 Å². The zero-order chi connectivity index (χ0) is 7.82. The first kappa shape index (κ1) is 19.1. The fourth-order valence-corrected chi connectivity index (χ4v) is 0.760. The fraction of sp³-hybridized carbons (Fsp3) is 1.00. The number of hydrogen-bond acceptors (Lipinski definition) is 4. The summed E-state index contributed by atoms with van der Waals surface area (Å²) in [6.07, 6.45) is 0. The normalized spacial score (nSPS) is 9.00. The van der Waals surface area contributed by atoms with Gasteiger partial charge >= 0.3 is 0 Å². The molecule has 6 heteroatoms. The van der Waals surface area contributed by atoms with Crippen LogP contribution in [-0.4, -0.2) is 59.7 Å². The van der Waals surface area contributed by atoms with E-state index in [2.05, 4.69) is 0 Å². The van der Waals surface area contributed by atoms with Gasteiger partial charge in [-0.05, 0) is 0 Å². The molecular weight excluding hydrogens is 273 g/mol. The van der Waals surface area contributed by atoms with Crippen molar-refractivity contribution in [3.63, 3.8) is 0 Å². The quantitative estimate of drug-likeness (QED) is 0.508. The maximum Gasteiger partial charge on any atom is 0.0558 e. The first-order chi connectivity index (χ1) is 4.85. The summed E-state index contributed by atoms with van der Waals surface area (Å²) in [5.74, 6) is 0. The number of rotatable bonds is 6.